The molecule has 0 aliphatic heterocycles. The summed E-state index contributed by atoms with van der Waals surface area (Å²) in [5.41, 5.74) is 1.41. The zero-order valence-corrected chi connectivity index (χ0v) is 11.3. The normalized spacial score (nSPS) is 10.6. The van der Waals surface area contributed by atoms with Crippen molar-refractivity contribution in [2.24, 2.45) is 0 Å². The molecule has 0 fully saturated rings. The maximum absolute atomic E-state index is 4.07. The zero-order chi connectivity index (χ0) is 12.1. The molecular weight excluding hydrogens is 196 g/mol. The quantitative estimate of drug-likeness (QED) is 0.395. The van der Waals surface area contributed by atoms with Gasteiger partial charge in [-0.05, 0) is 38.8 Å². The third-order valence-electron chi connectivity index (χ3n) is 2.67. The Hall–Kier alpha value is -0.340. The van der Waals surface area contributed by atoms with E-state index in [1.54, 1.807) is 0 Å². The number of rotatable bonds is 12. The molecule has 0 heterocycles. The van der Waals surface area contributed by atoms with Gasteiger partial charge < -0.3 is 10.6 Å². The number of unbranched alkanes of at least 4 members (excludes halogenated alkanes) is 1. The average Bonchev–Trinajstić information content (AvgIpc) is 2.27. The van der Waals surface area contributed by atoms with Crippen molar-refractivity contribution in [2.45, 2.75) is 52.4 Å². The third kappa shape index (κ3) is 11.7. The smallest absolute Gasteiger partial charge is 0.00767 e. The zero-order valence-electron chi connectivity index (χ0n) is 11.3. The highest BCUT2D eigenvalue weighted by atomic mass is 14.9. The van der Waals surface area contributed by atoms with Crippen LogP contribution in [0.2, 0.25) is 0 Å². The lowest BCUT2D eigenvalue weighted by Crippen LogP contribution is -2.28. The Bertz CT molecular complexity index is 155. The highest BCUT2D eigenvalue weighted by molar-refractivity contribution is 4.93. The lowest BCUT2D eigenvalue weighted by molar-refractivity contribution is 0.580. The first-order chi connectivity index (χ1) is 7.81. The van der Waals surface area contributed by atoms with Crippen LogP contribution in [0.25, 0.3) is 0 Å². The highest BCUT2D eigenvalue weighted by Gasteiger charge is 1.93. The van der Waals surface area contributed by atoms with Gasteiger partial charge in [0.1, 0.15) is 0 Å². The summed E-state index contributed by atoms with van der Waals surface area (Å²) in [4.78, 5) is 0. The molecule has 96 valence electrons. The van der Waals surface area contributed by atoms with E-state index in [4.69, 9.17) is 0 Å². The summed E-state index contributed by atoms with van der Waals surface area (Å²) in [6, 6.07) is 0. The van der Waals surface area contributed by atoms with Gasteiger partial charge in [0.2, 0.25) is 0 Å². The van der Waals surface area contributed by atoms with Crippen molar-refractivity contribution in [3.8, 4) is 0 Å². The van der Waals surface area contributed by atoms with Crippen molar-refractivity contribution < 1.29 is 0 Å². The molecule has 0 aromatic heterocycles. The van der Waals surface area contributed by atoms with Gasteiger partial charge in [0.25, 0.3) is 0 Å². The summed E-state index contributed by atoms with van der Waals surface area (Å²) in [5, 5.41) is 6.88. The fourth-order valence-electron chi connectivity index (χ4n) is 1.67. The summed E-state index contributed by atoms with van der Waals surface area (Å²) in [5.74, 6) is 0. The number of nitrogens with one attached hydrogen (secondary N) is 2. The fourth-order valence-corrected chi connectivity index (χ4v) is 1.67. The molecule has 2 N–H and O–H groups in total. The molecule has 0 amide bonds. The van der Waals surface area contributed by atoms with Crippen molar-refractivity contribution in [3.63, 3.8) is 0 Å². The van der Waals surface area contributed by atoms with E-state index in [2.05, 4.69) is 31.1 Å². The molecule has 0 unspecified atom stereocenters. The van der Waals surface area contributed by atoms with Gasteiger partial charge in [-0.2, -0.15) is 0 Å². The van der Waals surface area contributed by atoms with Crippen molar-refractivity contribution in [2.75, 3.05) is 26.2 Å². The van der Waals surface area contributed by atoms with E-state index >= 15 is 0 Å². The van der Waals surface area contributed by atoms with Gasteiger partial charge in [-0.3, -0.25) is 0 Å². The SMILES string of the molecule is C=C(CCC)CCCNCCNCCCC. The minimum atomic E-state index is 1.09. The van der Waals surface area contributed by atoms with Crippen molar-refractivity contribution in [1.82, 2.24) is 10.6 Å². The van der Waals surface area contributed by atoms with Gasteiger partial charge >= 0.3 is 0 Å². The van der Waals surface area contributed by atoms with E-state index in [9.17, 15) is 0 Å². The molecule has 0 spiro atoms. The van der Waals surface area contributed by atoms with E-state index in [-0.39, 0.29) is 0 Å². The van der Waals surface area contributed by atoms with Crippen LogP contribution in [-0.4, -0.2) is 26.2 Å². The van der Waals surface area contributed by atoms with E-state index in [1.807, 2.05) is 0 Å². The van der Waals surface area contributed by atoms with E-state index < -0.39 is 0 Å². The van der Waals surface area contributed by atoms with Crippen LogP contribution in [-0.2, 0) is 0 Å². The largest absolute Gasteiger partial charge is 0.315 e. The molecular formula is C14H30N2. The Morgan fingerprint density at radius 1 is 0.812 bits per heavy atom. The molecule has 16 heavy (non-hydrogen) atoms. The van der Waals surface area contributed by atoms with Gasteiger partial charge in [-0.15, -0.1) is 0 Å². The first-order valence-corrected chi connectivity index (χ1v) is 6.89. The minimum absolute atomic E-state index is 1.09. The van der Waals surface area contributed by atoms with Crippen LogP contribution in [0.1, 0.15) is 52.4 Å². The van der Waals surface area contributed by atoms with Crippen molar-refractivity contribution in [3.05, 3.63) is 12.2 Å². The predicted molar refractivity (Wildman–Crippen MR) is 73.9 cm³/mol. The van der Waals surface area contributed by atoms with Crippen LogP contribution >= 0.6 is 0 Å². The summed E-state index contributed by atoms with van der Waals surface area (Å²) in [6.07, 6.45) is 7.40. The molecule has 0 aliphatic rings. The predicted octanol–water partition coefficient (Wildman–Crippen LogP) is 3.10. The number of allylic oxidation sites excluding steroid dienone is 1. The number of hydrogen-bond acceptors (Lipinski definition) is 2. The maximum atomic E-state index is 4.07. The topological polar surface area (TPSA) is 24.1 Å². The summed E-state index contributed by atoms with van der Waals surface area (Å²) >= 11 is 0. The van der Waals surface area contributed by atoms with Crippen LogP contribution in [0.15, 0.2) is 12.2 Å². The van der Waals surface area contributed by atoms with E-state index in [1.165, 1.54) is 44.1 Å². The summed E-state index contributed by atoms with van der Waals surface area (Å²) in [6.45, 7) is 13.0. The Kier molecular flexibility index (Phi) is 12.5. The minimum Gasteiger partial charge on any atom is -0.315 e. The average molecular weight is 226 g/mol. The van der Waals surface area contributed by atoms with Crippen molar-refractivity contribution in [1.29, 1.82) is 0 Å². The second-order valence-electron chi connectivity index (χ2n) is 4.46. The van der Waals surface area contributed by atoms with Crippen LogP contribution in [0.5, 0.6) is 0 Å². The second-order valence-corrected chi connectivity index (χ2v) is 4.46. The third-order valence-corrected chi connectivity index (χ3v) is 2.67. The Morgan fingerprint density at radius 3 is 2.00 bits per heavy atom. The lowest BCUT2D eigenvalue weighted by atomic mass is 10.1. The van der Waals surface area contributed by atoms with E-state index in [0.29, 0.717) is 0 Å². The molecule has 0 atom stereocenters. The first kappa shape index (κ1) is 15.7. The number of hydrogen-bond donors (Lipinski definition) is 2. The van der Waals surface area contributed by atoms with Crippen LogP contribution in [0.3, 0.4) is 0 Å². The van der Waals surface area contributed by atoms with Crippen LogP contribution in [0.4, 0.5) is 0 Å². The first-order valence-electron chi connectivity index (χ1n) is 6.89. The van der Waals surface area contributed by atoms with Gasteiger partial charge in [0.05, 0.1) is 0 Å². The second kappa shape index (κ2) is 12.7. The monoisotopic (exact) mass is 226 g/mol. The van der Waals surface area contributed by atoms with Crippen molar-refractivity contribution >= 4 is 0 Å². The fraction of sp³-hybridized carbons (Fsp3) is 0.857. The molecule has 0 bridgehead atoms. The van der Waals surface area contributed by atoms with E-state index in [0.717, 1.165) is 26.2 Å². The maximum Gasteiger partial charge on any atom is 0.00767 e. The molecule has 0 aliphatic carbocycles. The standard InChI is InChI=1S/C14H30N2/c1-4-6-10-15-12-13-16-11-7-9-14(3)8-5-2/h15-16H,3-13H2,1-2H3. The molecule has 2 nitrogen and oxygen atoms in total. The molecule has 0 aromatic carbocycles. The van der Waals surface area contributed by atoms with Gasteiger partial charge in [-0.25, -0.2) is 0 Å². The Labute approximate surface area is 102 Å². The molecule has 2 heteroatoms. The van der Waals surface area contributed by atoms with Crippen LogP contribution in [0, 0.1) is 0 Å². The molecule has 0 saturated heterocycles. The highest BCUT2D eigenvalue weighted by Crippen LogP contribution is 2.08. The Morgan fingerprint density at radius 2 is 1.44 bits per heavy atom. The van der Waals surface area contributed by atoms with Gasteiger partial charge in [0, 0.05) is 13.1 Å². The molecule has 0 rings (SSSR count). The molecule has 0 saturated carbocycles. The van der Waals surface area contributed by atoms with Crippen LogP contribution < -0.4 is 10.6 Å². The molecule has 0 radical (unpaired) electrons. The van der Waals surface area contributed by atoms with Gasteiger partial charge in [0.15, 0.2) is 0 Å². The molecule has 0 aromatic rings. The summed E-state index contributed by atoms with van der Waals surface area (Å²) < 4.78 is 0. The Balaban J connectivity index is 3.01. The summed E-state index contributed by atoms with van der Waals surface area (Å²) in [7, 11) is 0. The van der Waals surface area contributed by atoms with Gasteiger partial charge in [-0.1, -0.05) is 38.8 Å². The lowest BCUT2D eigenvalue weighted by Gasteiger charge is -2.07.